The van der Waals surface area contributed by atoms with Crippen LogP contribution in [0.3, 0.4) is 0 Å². The maximum Gasteiger partial charge on any atom is 0.138 e. The number of rotatable bonds is 5. The largest absolute Gasteiger partial charge is 0.484 e. The van der Waals surface area contributed by atoms with Crippen molar-refractivity contribution in [2.45, 2.75) is 12.5 Å². The Kier molecular flexibility index (Phi) is 4.42. The molecule has 0 spiro atoms. The van der Waals surface area contributed by atoms with E-state index in [0.717, 1.165) is 10.3 Å². The number of alkyl halides is 1. The lowest BCUT2D eigenvalue weighted by atomic mass is 10.1. The molecule has 1 heterocycles. The molecule has 0 saturated carbocycles. The molecular weight excluding hydrogens is 307 g/mol. The van der Waals surface area contributed by atoms with E-state index < -0.39 is 0 Å². The monoisotopic (exact) mass is 320 g/mol. The van der Waals surface area contributed by atoms with E-state index in [-0.39, 0.29) is 11.9 Å². The molecule has 108 valence electrons. The van der Waals surface area contributed by atoms with Crippen LogP contribution < -0.4 is 4.74 Å². The molecule has 1 aromatic heterocycles. The van der Waals surface area contributed by atoms with Crippen LogP contribution in [0.2, 0.25) is 0 Å². The summed E-state index contributed by atoms with van der Waals surface area (Å²) in [5, 5.41) is 2.48. The van der Waals surface area contributed by atoms with E-state index in [0.29, 0.717) is 23.4 Å². The van der Waals surface area contributed by atoms with Crippen LogP contribution >= 0.6 is 22.9 Å². The number of halogens is 2. The summed E-state index contributed by atoms with van der Waals surface area (Å²) >= 11 is 7.38. The Morgan fingerprint density at radius 1 is 1.10 bits per heavy atom. The average molecular weight is 321 g/mol. The van der Waals surface area contributed by atoms with Crippen molar-refractivity contribution in [2.24, 2.45) is 0 Å². The zero-order valence-corrected chi connectivity index (χ0v) is 12.8. The van der Waals surface area contributed by atoms with E-state index in [9.17, 15) is 4.39 Å². The highest BCUT2D eigenvalue weighted by atomic mass is 35.5. The zero-order chi connectivity index (χ0) is 14.7. The Labute approximate surface area is 131 Å². The van der Waals surface area contributed by atoms with Crippen molar-refractivity contribution in [3.63, 3.8) is 0 Å². The van der Waals surface area contributed by atoms with Crippen LogP contribution in [0.25, 0.3) is 10.1 Å². The zero-order valence-electron chi connectivity index (χ0n) is 11.3. The summed E-state index contributed by atoms with van der Waals surface area (Å²) in [5.41, 5.74) is 1.08. The van der Waals surface area contributed by atoms with Gasteiger partial charge in [-0.3, -0.25) is 0 Å². The van der Waals surface area contributed by atoms with Gasteiger partial charge in [-0.05, 0) is 29.1 Å². The third-order valence-electron chi connectivity index (χ3n) is 3.34. The van der Waals surface area contributed by atoms with E-state index >= 15 is 0 Å². The van der Waals surface area contributed by atoms with Gasteiger partial charge in [0, 0.05) is 17.7 Å². The van der Waals surface area contributed by atoms with Gasteiger partial charge >= 0.3 is 0 Å². The van der Waals surface area contributed by atoms with Crippen molar-refractivity contribution in [3.05, 3.63) is 65.3 Å². The molecular formula is C17H14ClFOS. The normalized spacial score (nSPS) is 12.5. The minimum atomic E-state index is -0.216. The van der Waals surface area contributed by atoms with Gasteiger partial charge < -0.3 is 4.74 Å². The number of hydrogen-bond donors (Lipinski definition) is 0. The lowest BCUT2D eigenvalue weighted by Crippen LogP contribution is -2.08. The number of thiophene rings is 1. The summed E-state index contributed by atoms with van der Waals surface area (Å²) in [6, 6.07) is 14.9. The number of hydrogen-bond acceptors (Lipinski definition) is 2. The first kappa shape index (κ1) is 14.4. The van der Waals surface area contributed by atoms with E-state index in [1.807, 2.05) is 35.7 Å². The number of fused-ring (bicyclic) bond motifs is 1. The van der Waals surface area contributed by atoms with Crippen LogP contribution in [0.15, 0.2) is 53.9 Å². The molecule has 0 N–H and O–H groups in total. The molecule has 0 radical (unpaired) electrons. The maximum absolute atomic E-state index is 13.7. The van der Waals surface area contributed by atoms with Crippen LogP contribution in [0, 0.1) is 5.82 Å². The van der Waals surface area contributed by atoms with Crippen LogP contribution in [-0.2, 0) is 0 Å². The molecule has 1 nitrogen and oxygen atoms in total. The molecule has 21 heavy (non-hydrogen) atoms. The molecule has 0 aliphatic rings. The minimum Gasteiger partial charge on any atom is -0.484 e. The predicted octanol–water partition coefficient (Wildman–Crippen LogP) is 5.79. The van der Waals surface area contributed by atoms with Crippen molar-refractivity contribution >= 4 is 33.0 Å². The molecule has 3 rings (SSSR count). The molecule has 3 aromatic rings. The summed E-state index contributed by atoms with van der Waals surface area (Å²) in [4.78, 5) is 0. The predicted molar refractivity (Wildman–Crippen MR) is 86.9 cm³/mol. The van der Waals surface area contributed by atoms with Gasteiger partial charge in [0.1, 0.15) is 17.7 Å². The van der Waals surface area contributed by atoms with Gasteiger partial charge in [0.2, 0.25) is 0 Å². The molecule has 0 aliphatic carbocycles. The fraction of sp³-hybridized carbons (Fsp3) is 0.176. The standard InChI is InChI=1S/C17H14ClFOS/c18-10-8-15(12-4-2-1-3-5-12)20-16-7-6-14(19)13-9-11-21-17(13)16/h1-7,9,11,15H,8,10H2/t15-/m1/s1. The van der Waals surface area contributed by atoms with Gasteiger partial charge in [0.15, 0.2) is 0 Å². The third-order valence-corrected chi connectivity index (χ3v) is 4.49. The number of benzene rings is 2. The molecule has 4 heteroatoms. The highest BCUT2D eigenvalue weighted by Gasteiger charge is 2.16. The lowest BCUT2D eigenvalue weighted by Gasteiger charge is -2.19. The number of ether oxygens (including phenoxy) is 1. The van der Waals surface area contributed by atoms with Gasteiger partial charge in [-0.25, -0.2) is 4.39 Å². The highest BCUT2D eigenvalue weighted by molar-refractivity contribution is 7.17. The van der Waals surface area contributed by atoms with Crippen molar-refractivity contribution in [2.75, 3.05) is 5.88 Å². The van der Waals surface area contributed by atoms with Gasteiger partial charge in [0.25, 0.3) is 0 Å². The maximum atomic E-state index is 13.7. The van der Waals surface area contributed by atoms with Gasteiger partial charge in [-0.1, -0.05) is 30.3 Å². The Hall–Kier alpha value is -1.58. The van der Waals surface area contributed by atoms with Crippen molar-refractivity contribution < 1.29 is 9.13 Å². The fourth-order valence-electron chi connectivity index (χ4n) is 2.31. The van der Waals surface area contributed by atoms with Crippen LogP contribution in [-0.4, -0.2) is 5.88 Å². The first-order valence-electron chi connectivity index (χ1n) is 6.73. The van der Waals surface area contributed by atoms with Gasteiger partial charge in [-0.2, -0.15) is 0 Å². The van der Waals surface area contributed by atoms with E-state index in [1.54, 1.807) is 12.1 Å². The van der Waals surface area contributed by atoms with E-state index in [4.69, 9.17) is 16.3 Å². The summed E-state index contributed by atoms with van der Waals surface area (Å²) in [6.45, 7) is 0. The Morgan fingerprint density at radius 3 is 2.67 bits per heavy atom. The second-order valence-corrected chi connectivity index (χ2v) is 6.00. The van der Waals surface area contributed by atoms with Crippen LogP contribution in [0.5, 0.6) is 5.75 Å². The SMILES string of the molecule is Fc1ccc(O[C@H](CCCl)c2ccccc2)c2sccc12. The summed E-state index contributed by atoms with van der Waals surface area (Å²) < 4.78 is 20.7. The second-order valence-electron chi connectivity index (χ2n) is 4.70. The van der Waals surface area contributed by atoms with Crippen molar-refractivity contribution in [1.82, 2.24) is 0 Å². The van der Waals surface area contributed by atoms with Crippen LogP contribution in [0.1, 0.15) is 18.1 Å². The highest BCUT2D eigenvalue weighted by Crippen LogP contribution is 2.35. The van der Waals surface area contributed by atoms with Crippen LogP contribution in [0.4, 0.5) is 4.39 Å². The Bertz CT molecular complexity index is 726. The Balaban J connectivity index is 1.95. The molecule has 1 atom stereocenters. The topological polar surface area (TPSA) is 9.23 Å². The lowest BCUT2D eigenvalue weighted by molar-refractivity contribution is 0.205. The van der Waals surface area contributed by atoms with E-state index in [1.165, 1.54) is 17.4 Å². The molecule has 2 aromatic carbocycles. The molecule has 0 aliphatic heterocycles. The molecule has 0 saturated heterocycles. The van der Waals surface area contributed by atoms with Gasteiger partial charge in [0.05, 0.1) is 4.70 Å². The average Bonchev–Trinajstić information content (AvgIpc) is 3.01. The quantitative estimate of drug-likeness (QED) is 0.541. The molecule has 0 amide bonds. The first-order valence-corrected chi connectivity index (χ1v) is 8.14. The summed E-state index contributed by atoms with van der Waals surface area (Å²) in [5.74, 6) is 1.00. The smallest absolute Gasteiger partial charge is 0.138 e. The van der Waals surface area contributed by atoms with Crippen molar-refractivity contribution in [1.29, 1.82) is 0 Å². The molecule has 0 unspecified atom stereocenters. The summed E-state index contributed by atoms with van der Waals surface area (Å²) in [6.07, 6.45) is 0.579. The third kappa shape index (κ3) is 3.04. The van der Waals surface area contributed by atoms with Gasteiger partial charge in [-0.15, -0.1) is 22.9 Å². The summed E-state index contributed by atoms with van der Waals surface area (Å²) in [7, 11) is 0. The molecule has 0 fully saturated rings. The minimum absolute atomic E-state index is 0.125. The fourth-order valence-corrected chi connectivity index (χ4v) is 3.37. The van der Waals surface area contributed by atoms with Crippen molar-refractivity contribution in [3.8, 4) is 5.75 Å². The van der Waals surface area contributed by atoms with E-state index in [2.05, 4.69) is 0 Å². The first-order chi connectivity index (χ1) is 10.3. The Morgan fingerprint density at radius 2 is 1.90 bits per heavy atom. The molecule has 0 bridgehead atoms. The second kappa shape index (κ2) is 6.46.